The van der Waals surface area contributed by atoms with Crippen molar-refractivity contribution in [3.63, 3.8) is 0 Å². The Morgan fingerprint density at radius 1 is 1.37 bits per heavy atom. The molecule has 14 heteroatoms. The number of carbonyl (C=O) groups excluding carboxylic acids is 1. The summed E-state index contributed by atoms with van der Waals surface area (Å²) in [5.74, 6) is -2.63. The summed E-state index contributed by atoms with van der Waals surface area (Å²) >= 11 is 0.919. The lowest BCUT2D eigenvalue weighted by Crippen LogP contribution is -2.39. The number of aryl methyl sites for hydroxylation is 1. The van der Waals surface area contributed by atoms with Crippen LogP contribution < -0.4 is 14.7 Å². The Morgan fingerprint density at radius 2 is 2.10 bits per heavy atom. The van der Waals surface area contributed by atoms with Gasteiger partial charge in [0.1, 0.15) is 10.7 Å². The highest BCUT2D eigenvalue weighted by atomic mass is 32.2. The summed E-state index contributed by atoms with van der Waals surface area (Å²) in [5, 5.41) is 4.36. The molecule has 0 bridgehead atoms. The van der Waals surface area contributed by atoms with Crippen LogP contribution in [0.3, 0.4) is 0 Å². The summed E-state index contributed by atoms with van der Waals surface area (Å²) in [4.78, 5) is 24.8. The minimum Gasteiger partial charge on any atom is -0.355 e. The van der Waals surface area contributed by atoms with Crippen molar-refractivity contribution >= 4 is 39.0 Å². The first kappa shape index (κ1) is 22.2. The molecule has 1 saturated heterocycles. The van der Waals surface area contributed by atoms with Gasteiger partial charge in [-0.15, -0.1) is 11.3 Å². The lowest BCUT2D eigenvalue weighted by Gasteiger charge is -2.27. The van der Waals surface area contributed by atoms with Gasteiger partial charge in [-0.3, -0.25) is 0 Å². The van der Waals surface area contributed by atoms with Gasteiger partial charge in [-0.2, -0.15) is 21.6 Å². The maximum absolute atomic E-state index is 13.0. The molecule has 0 spiro atoms. The number of hydrogen-bond acceptors (Lipinski definition) is 9. The van der Waals surface area contributed by atoms with E-state index in [0.29, 0.717) is 11.4 Å². The molecular weight excluding hydrogens is 447 g/mol. The lowest BCUT2D eigenvalue weighted by molar-refractivity contribution is -0.199. The molecule has 0 saturated carbocycles. The summed E-state index contributed by atoms with van der Waals surface area (Å²) < 4.78 is 63.8. The molecule has 0 aromatic carbocycles. The molecule has 3 heterocycles. The van der Waals surface area contributed by atoms with Gasteiger partial charge in [0.15, 0.2) is 5.82 Å². The smallest absolute Gasteiger partial charge is 0.355 e. The van der Waals surface area contributed by atoms with Crippen LogP contribution in [0.1, 0.15) is 12.0 Å². The molecule has 1 atom stereocenters. The number of anilines is 2. The summed E-state index contributed by atoms with van der Waals surface area (Å²) in [6.45, 7) is 3.24. The van der Waals surface area contributed by atoms with Gasteiger partial charge in [-0.05, 0) is 31.5 Å². The second kappa shape index (κ2) is 8.35. The first-order valence-corrected chi connectivity index (χ1v) is 11.0. The zero-order valence-corrected chi connectivity index (χ0v) is 17.5. The van der Waals surface area contributed by atoms with E-state index in [-0.39, 0.29) is 10.5 Å². The minimum atomic E-state index is -5.39. The number of hydrogen-bond donors (Lipinski definition) is 1. The number of rotatable bonds is 6. The molecule has 9 nitrogen and oxygen atoms in total. The van der Waals surface area contributed by atoms with Crippen molar-refractivity contribution < 1.29 is 31.2 Å². The SMILES string of the molecule is Cc1cc(S(=O)(=O)N(OC(=O)C(F)(F)F)c2cscn2)cnc1N(C)[C@@H]1CCNC1. The van der Waals surface area contributed by atoms with Crippen LogP contribution in [0, 0.1) is 6.92 Å². The number of likely N-dealkylation sites (N-methyl/N-ethyl adjacent to an activating group) is 1. The monoisotopic (exact) mass is 465 g/mol. The molecule has 1 fully saturated rings. The van der Waals surface area contributed by atoms with Crippen molar-refractivity contribution in [1.82, 2.24) is 15.3 Å². The maximum Gasteiger partial charge on any atom is 0.493 e. The van der Waals surface area contributed by atoms with Crippen molar-refractivity contribution in [2.75, 3.05) is 29.5 Å². The fourth-order valence-corrected chi connectivity index (χ4v) is 4.72. The number of nitrogens with zero attached hydrogens (tertiary/aromatic N) is 4. The highest BCUT2D eigenvalue weighted by Crippen LogP contribution is 2.29. The van der Waals surface area contributed by atoms with E-state index < -0.39 is 32.9 Å². The Hall–Kier alpha value is -2.45. The number of pyridine rings is 1. The Kier molecular flexibility index (Phi) is 6.19. The molecule has 3 rings (SSSR count). The fourth-order valence-electron chi connectivity index (χ4n) is 2.93. The van der Waals surface area contributed by atoms with Crippen molar-refractivity contribution in [3.05, 3.63) is 28.7 Å². The minimum absolute atomic E-state index is 0.139. The number of nitrogens with one attached hydrogen (secondary N) is 1. The second-order valence-corrected chi connectivity index (χ2v) is 9.00. The third-order valence-corrected chi connectivity index (χ3v) is 6.55. The van der Waals surface area contributed by atoms with Crippen LogP contribution >= 0.6 is 11.3 Å². The van der Waals surface area contributed by atoms with Crippen molar-refractivity contribution in [2.24, 2.45) is 0 Å². The lowest BCUT2D eigenvalue weighted by atomic mass is 10.2. The second-order valence-electron chi connectivity index (χ2n) is 6.52. The van der Waals surface area contributed by atoms with E-state index in [0.717, 1.165) is 42.4 Å². The van der Waals surface area contributed by atoms with Crippen LogP contribution in [0.25, 0.3) is 0 Å². The van der Waals surface area contributed by atoms with Crippen molar-refractivity contribution in [1.29, 1.82) is 0 Å². The average molecular weight is 465 g/mol. The van der Waals surface area contributed by atoms with Crippen LogP contribution in [0.2, 0.25) is 0 Å². The number of halogens is 3. The first-order chi connectivity index (χ1) is 14.0. The highest BCUT2D eigenvalue weighted by Gasteiger charge is 2.45. The Bertz CT molecular complexity index is 1010. The topological polar surface area (TPSA) is 105 Å². The van der Waals surface area contributed by atoms with E-state index in [4.69, 9.17) is 0 Å². The van der Waals surface area contributed by atoms with E-state index >= 15 is 0 Å². The number of carbonyl (C=O) groups is 1. The molecule has 0 amide bonds. The van der Waals surface area contributed by atoms with Gasteiger partial charge in [0.25, 0.3) is 10.0 Å². The number of aromatic nitrogens is 2. The summed E-state index contributed by atoms with van der Waals surface area (Å²) in [5.41, 5.74) is 1.68. The third kappa shape index (κ3) is 4.49. The maximum atomic E-state index is 13.0. The van der Waals surface area contributed by atoms with E-state index in [1.807, 2.05) is 11.9 Å². The Balaban J connectivity index is 1.94. The van der Waals surface area contributed by atoms with Gasteiger partial charge in [-0.1, -0.05) is 4.47 Å². The van der Waals surface area contributed by atoms with Gasteiger partial charge < -0.3 is 15.1 Å². The van der Waals surface area contributed by atoms with E-state index in [1.165, 1.54) is 11.6 Å². The molecule has 0 unspecified atom stereocenters. The molecule has 1 N–H and O–H groups in total. The summed E-state index contributed by atoms with van der Waals surface area (Å²) in [6, 6.07) is 1.44. The van der Waals surface area contributed by atoms with Gasteiger partial charge in [0.2, 0.25) is 0 Å². The molecular formula is C16H18F3N5O4S2. The average Bonchev–Trinajstić information content (AvgIpc) is 3.38. The predicted octanol–water partition coefficient (Wildman–Crippen LogP) is 1.86. The fraction of sp³-hybridized carbons (Fsp3) is 0.438. The number of alkyl halides is 3. The standard InChI is InChI=1S/C16H18F3N5O4S2/c1-10-5-12(7-21-14(10)23(2)11-3-4-20-6-11)30(26,27)24(13-8-29-9-22-13)28-15(25)16(17,18)19/h5,7-9,11,20H,3-4,6H2,1-2H3/t11-/m1/s1. The first-order valence-electron chi connectivity index (χ1n) is 8.64. The van der Waals surface area contributed by atoms with Gasteiger partial charge in [0.05, 0.1) is 5.51 Å². The Labute approximate surface area is 174 Å². The predicted molar refractivity (Wildman–Crippen MR) is 103 cm³/mol. The quantitative estimate of drug-likeness (QED) is 0.645. The zero-order chi connectivity index (χ0) is 22.1. The molecule has 30 heavy (non-hydrogen) atoms. The molecule has 0 radical (unpaired) electrons. The molecule has 1 aliphatic heterocycles. The van der Waals surface area contributed by atoms with Crippen LogP contribution in [-0.4, -0.2) is 56.7 Å². The summed E-state index contributed by atoms with van der Waals surface area (Å²) in [7, 11) is -2.90. The van der Waals surface area contributed by atoms with Crippen LogP contribution in [0.15, 0.2) is 28.0 Å². The zero-order valence-electron chi connectivity index (χ0n) is 15.9. The van der Waals surface area contributed by atoms with E-state index in [2.05, 4.69) is 20.1 Å². The molecule has 164 valence electrons. The molecule has 2 aromatic heterocycles. The number of sulfonamides is 1. The molecule has 2 aromatic rings. The number of thiazole rings is 1. The largest absolute Gasteiger partial charge is 0.493 e. The van der Waals surface area contributed by atoms with Gasteiger partial charge in [-0.25, -0.2) is 14.8 Å². The van der Waals surface area contributed by atoms with Crippen molar-refractivity contribution in [2.45, 2.75) is 30.5 Å². The highest BCUT2D eigenvalue weighted by molar-refractivity contribution is 7.92. The molecule has 1 aliphatic rings. The van der Waals surface area contributed by atoms with Crippen LogP contribution in [0.5, 0.6) is 0 Å². The summed E-state index contributed by atoms with van der Waals surface area (Å²) in [6.07, 6.45) is -3.49. The van der Waals surface area contributed by atoms with Crippen LogP contribution in [0.4, 0.5) is 24.8 Å². The van der Waals surface area contributed by atoms with E-state index in [9.17, 15) is 26.4 Å². The Morgan fingerprint density at radius 3 is 2.63 bits per heavy atom. The normalized spacial score (nSPS) is 17.0. The molecule has 0 aliphatic carbocycles. The van der Waals surface area contributed by atoms with Gasteiger partial charge >= 0.3 is 12.1 Å². The third-order valence-electron chi connectivity index (χ3n) is 4.46. The van der Waals surface area contributed by atoms with Crippen LogP contribution in [-0.2, 0) is 19.7 Å². The van der Waals surface area contributed by atoms with Gasteiger partial charge in [0, 0.05) is 31.2 Å². The van der Waals surface area contributed by atoms with Crippen molar-refractivity contribution in [3.8, 4) is 0 Å². The van der Waals surface area contributed by atoms with E-state index in [1.54, 1.807) is 6.92 Å².